The fraction of sp³-hybridized carbons (Fsp3) is 0.875. The summed E-state index contributed by atoms with van der Waals surface area (Å²) in [7, 11) is 0. The summed E-state index contributed by atoms with van der Waals surface area (Å²) in [4.78, 5) is 16.6. The molecule has 2 aliphatic rings. The number of amides is 1. The fourth-order valence-electron chi connectivity index (χ4n) is 1.42. The zero-order valence-corrected chi connectivity index (χ0v) is 7.72. The molecule has 1 amide bonds. The largest absolute Gasteiger partial charge is 0.389 e. The molecule has 0 aliphatic carbocycles. The Kier molecular flexibility index (Phi) is 2.97. The van der Waals surface area contributed by atoms with Crippen molar-refractivity contribution < 1.29 is 24.2 Å². The van der Waals surface area contributed by atoms with Crippen LogP contribution >= 0.6 is 0 Å². The first-order chi connectivity index (χ1) is 6.77. The van der Waals surface area contributed by atoms with E-state index in [0.717, 1.165) is 5.06 Å². The highest BCUT2D eigenvalue weighted by atomic mass is 16.7. The maximum Gasteiger partial charge on any atom is 0.277 e. The van der Waals surface area contributed by atoms with Crippen LogP contribution in [-0.4, -0.2) is 61.3 Å². The second-order valence-corrected chi connectivity index (χ2v) is 3.28. The molecule has 2 fully saturated rings. The molecule has 6 heteroatoms. The number of carbonyl (C=O) groups is 1. The first-order valence-corrected chi connectivity index (χ1v) is 4.59. The van der Waals surface area contributed by atoms with E-state index in [1.807, 2.05) is 0 Å². The Morgan fingerprint density at radius 1 is 1.36 bits per heavy atom. The molecule has 0 aromatic rings. The summed E-state index contributed by atoms with van der Waals surface area (Å²) >= 11 is 0. The van der Waals surface area contributed by atoms with Crippen LogP contribution in [0.3, 0.4) is 0 Å². The predicted octanol–water partition coefficient (Wildman–Crippen LogP) is -1.46. The molecule has 0 spiro atoms. The van der Waals surface area contributed by atoms with E-state index < -0.39 is 12.2 Å². The van der Waals surface area contributed by atoms with Gasteiger partial charge < -0.3 is 14.6 Å². The van der Waals surface area contributed by atoms with E-state index in [9.17, 15) is 4.79 Å². The average molecular weight is 203 g/mol. The minimum absolute atomic E-state index is 0.166. The van der Waals surface area contributed by atoms with E-state index in [1.165, 1.54) is 0 Å². The van der Waals surface area contributed by atoms with Crippen LogP contribution in [0.15, 0.2) is 0 Å². The van der Waals surface area contributed by atoms with Gasteiger partial charge in [-0.05, 0) is 0 Å². The lowest BCUT2D eigenvalue weighted by Crippen LogP contribution is -2.44. The molecule has 0 aromatic heterocycles. The molecular weight excluding hydrogens is 190 g/mol. The second-order valence-electron chi connectivity index (χ2n) is 3.28. The molecule has 0 aromatic carbocycles. The summed E-state index contributed by atoms with van der Waals surface area (Å²) in [6, 6.07) is 0. The molecule has 2 unspecified atom stereocenters. The number of nitrogens with zero attached hydrogens (tertiary/aromatic N) is 1. The first-order valence-electron chi connectivity index (χ1n) is 4.59. The van der Waals surface area contributed by atoms with Crippen LogP contribution in [0.5, 0.6) is 0 Å². The quantitative estimate of drug-likeness (QED) is 0.564. The molecule has 6 nitrogen and oxygen atoms in total. The van der Waals surface area contributed by atoms with Crippen molar-refractivity contribution in [2.24, 2.45) is 0 Å². The standard InChI is InChI=1S/C8H13NO5/c10-6-3-9(14-4-6)8(11)7-5-12-1-2-13-7/h6-7,10H,1-5H2. The highest BCUT2D eigenvalue weighted by Crippen LogP contribution is 2.11. The van der Waals surface area contributed by atoms with E-state index in [1.54, 1.807) is 0 Å². The van der Waals surface area contributed by atoms with Gasteiger partial charge >= 0.3 is 0 Å². The number of β-amino-alcohol motifs (C(OH)–C–C–N with tert-alkyl or cyclic N) is 1. The summed E-state index contributed by atoms with van der Waals surface area (Å²) in [6.07, 6.45) is -1.18. The number of hydroxylamine groups is 2. The highest BCUT2D eigenvalue weighted by Gasteiger charge is 2.33. The van der Waals surface area contributed by atoms with Crippen molar-refractivity contribution in [1.82, 2.24) is 5.06 Å². The van der Waals surface area contributed by atoms with Crippen molar-refractivity contribution in [1.29, 1.82) is 0 Å². The Labute approximate surface area is 81.3 Å². The van der Waals surface area contributed by atoms with Crippen molar-refractivity contribution in [3.63, 3.8) is 0 Å². The molecule has 2 saturated heterocycles. The molecule has 1 N–H and O–H groups in total. The normalized spacial score (nSPS) is 33.4. The Hall–Kier alpha value is -0.690. The van der Waals surface area contributed by atoms with Crippen molar-refractivity contribution in [3.8, 4) is 0 Å². The number of rotatable bonds is 1. The fourth-order valence-corrected chi connectivity index (χ4v) is 1.42. The van der Waals surface area contributed by atoms with E-state index in [4.69, 9.17) is 19.4 Å². The number of ether oxygens (including phenoxy) is 2. The summed E-state index contributed by atoms with van der Waals surface area (Å²) in [5, 5.41) is 10.3. The minimum atomic E-state index is -0.594. The average Bonchev–Trinajstić information content (AvgIpc) is 2.65. The number of aliphatic hydroxyl groups is 1. The zero-order valence-electron chi connectivity index (χ0n) is 7.72. The van der Waals surface area contributed by atoms with Crippen LogP contribution in [0.2, 0.25) is 0 Å². The summed E-state index contributed by atoms with van der Waals surface area (Å²) in [6.45, 7) is 1.58. The van der Waals surface area contributed by atoms with Gasteiger partial charge in [-0.15, -0.1) is 0 Å². The molecule has 0 radical (unpaired) electrons. The van der Waals surface area contributed by atoms with Gasteiger partial charge in [0.25, 0.3) is 5.91 Å². The topological polar surface area (TPSA) is 68.2 Å². The minimum Gasteiger partial charge on any atom is -0.389 e. The van der Waals surface area contributed by atoms with Gasteiger partial charge in [0.05, 0.1) is 26.4 Å². The van der Waals surface area contributed by atoms with Crippen molar-refractivity contribution in [3.05, 3.63) is 0 Å². The first kappa shape index (κ1) is 9.85. The second kappa shape index (κ2) is 4.22. The zero-order chi connectivity index (χ0) is 9.97. The Bertz CT molecular complexity index is 209. The molecule has 0 bridgehead atoms. The van der Waals surface area contributed by atoms with Gasteiger partial charge in [0.15, 0.2) is 6.10 Å². The van der Waals surface area contributed by atoms with Crippen molar-refractivity contribution in [2.75, 3.05) is 33.0 Å². The Balaban J connectivity index is 1.87. The number of hydrogen-bond donors (Lipinski definition) is 1. The lowest BCUT2D eigenvalue weighted by molar-refractivity contribution is -0.191. The van der Waals surface area contributed by atoms with Gasteiger partial charge in [-0.1, -0.05) is 0 Å². The molecule has 2 atom stereocenters. The molecule has 80 valence electrons. The Morgan fingerprint density at radius 2 is 2.21 bits per heavy atom. The molecular formula is C8H13NO5. The lowest BCUT2D eigenvalue weighted by atomic mass is 10.3. The molecule has 14 heavy (non-hydrogen) atoms. The van der Waals surface area contributed by atoms with E-state index in [-0.39, 0.29) is 25.7 Å². The van der Waals surface area contributed by atoms with Gasteiger partial charge in [-0.2, -0.15) is 0 Å². The summed E-state index contributed by atoms with van der Waals surface area (Å²) in [5.74, 6) is -0.277. The molecule has 2 aliphatic heterocycles. The van der Waals surface area contributed by atoms with E-state index in [2.05, 4.69) is 0 Å². The van der Waals surface area contributed by atoms with Gasteiger partial charge in [0.2, 0.25) is 0 Å². The predicted molar refractivity (Wildman–Crippen MR) is 44.2 cm³/mol. The molecule has 2 rings (SSSR count). The molecule has 2 heterocycles. The summed E-state index contributed by atoms with van der Waals surface area (Å²) in [5.41, 5.74) is 0. The number of carbonyl (C=O) groups excluding carboxylic acids is 1. The maximum absolute atomic E-state index is 11.6. The highest BCUT2D eigenvalue weighted by molar-refractivity contribution is 5.80. The van der Waals surface area contributed by atoms with Gasteiger partial charge in [0, 0.05) is 0 Å². The van der Waals surface area contributed by atoms with Crippen LogP contribution in [0.4, 0.5) is 0 Å². The Morgan fingerprint density at radius 3 is 2.79 bits per heavy atom. The van der Waals surface area contributed by atoms with E-state index in [0.29, 0.717) is 13.2 Å². The lowest BCUT2D eigenvalue weighted by Gasteiger charge is -2.25. The summed E-state index contributed by atoms with van der Waals surface area (Å²) < 4.78 is 10.3. The van der Waals surface area contributed by atoms with Crippen LogP contribution in [0.25, 0.3) is 0 Å². The van der Waals surface area contributed by atoms with Crippen LogP contribution < -0.4 is 0 Å². The smallest absolute Gasteiger partial charge is 0.277 e. The molecule has 0 saturated carbocycles. The third kappa shape index (κ3) is 2.03. The van der Waals surface area contributed by atoms with E-state index >= 15 is 0 Å². The van der Waals surface area contributed by atoms with Crippen LogP contribution in [0, 0.1) is 0 Å². The third-order valence-corrected chi connectivity index (χ3v) is 2.14. The van der Waals surface area contributed by atoms with Crippen molar-refractivity contribution >= 4 is 5.91 Å². The van der Waals surface area contributed by atoms with Gasteiger partial charge in [-0.25, -0.2) is 5.06 Å². The van der Waals surface area contributed by atoms with Crippen molar-refractivity contribution in [2.45, 2.75) is 12.2 Å². The number of aliphatic hydroxyl groups excluding tert-OH is 1. The maximum atomic E-state index is 11.6. The van der Waals surface area contributed by atoms with Crippen LogP contribution in [0.1, 0.15) is 0 Å². The van der Waals surface area contributed by atoms with Crippen LogP contribution in [-0.2, 0) is 19.1 Å². The van der Waals surface area contributed by atoms with Gasteiger partial charge in [-0.3, -0.25) is 9.63 Å². The number of hydrogen-bond acceptors (Lipinski definition) is 5. The third-order valence-electron chi connectivity index (χ3n) is 2.14. The monoisotopic (exact) mass is 203 g/mol. The van der Waals surface area contributed by atoms with Gasteiger partial charge in [0.1, 0.15) is 12.7 Å². The SMILES string of the molecule is O=C(C1COCCO1)N1CC(O)CO1.